The molecule has 0 saturated heterocycles. The summed E-state index contributed by atoms with van der Waals surface area (Å²) in [7, 11) is 0. The van der Waals surface area contributed by atoms with Crippen LogP contribution in [0, 0.1) is 6.92 Å². The number of hydrogen-bond acceptors (Lipinski definition) is 3. The van der Waals surface area contributed by atoms with Gasteiger partial charge in [-0.15, -0.1) is 11.3 Å². The van der Waals surface area contributed by atoms with Gasteiger partial charge in [0, 0.05) is 12.1 Å². The molecule has 5 heteroatoms. The molecule has 1 saturated carbocycles. The third-order valence-corrected chi connectivity index (χ3v) is 5.19. The molecule has 0 radical (unpaired) electrons. The molecule has 1 aliphatic rings. The molecule has 2 atom stereocenters. The minimum absolute atomic E-state index is 0.0660. The van der Waals surface area contributed by atoms with E-state index in [9.17, 15) is 4.79 Å². The van der Waals surface area contributed by atoms with Crippen LogP contribution in [0.2, 0.25) is 5.02 Å². The molecule has 1 aromatic heterocycles. The monoisotopic (exact) mass is 286 g/mol. The SMILES string of the molecule is Cc1csc(C(=O)NC2CCCCCC2N)c1Cl. The van der Waals surface area contributed by atoms with Crippen molar-refractivity contribution in [1.82, 2.24) is 5.32 Å². The summed E-state index contributed by atoms with van der Waals surface area (Å²) in [6, 6.07) is 0.148. The first-order valence-corrected chi connectivity index (χ1v) is 7.65. The Morgan fingerprint density at radius 1 is 1.44 bits per heavy atom. The number of carbonyl (C=O) groups is 1. The molecule has 2 rings (SSSR count). The molecular formula is C13H19ClN2OS. The largest absolute Gasteiger partial charge is 0.347 e. The highest BCUT2D eigenvalue weighted by Crippen LogP contribution is 2.27. The molecule has 1 aromatic rings. The zero-order chi connectivity index (χ0) is 13.1. The van der Waals surface area contributed by atoms with Crippen molar-refractivity contribution in [2.75, 3.05) is 0 Å². The van der Waals surface area contributed by atoms with Crippen LogP contribution in [0.1, 0.15) is 47.3 Å². The molecule has 3 nitrogen and oxygen atoms in total. The van der Waals surface area contributed by atoms with Gasteiger partial charge >= 0.3 is 0 Å². The van der Waals surface area contributed by atoms with Crippen molar-refractivity contribution in [3.8, 4) is 0 Å². The number of hydrogen-bond donors (Lipinski definition) is 2. The molecule has 0 aliphatic heterocycles. The second-order valence-electron chi connectivity index (χ2n) is 4.94. The fourth-order valence-electron chi connectivity index (χ4n) is 2.33. The van der Waals surface area contributed by atoms with Crippen LogP contribution in [0.4, 0.5) is 0 Å². The smallest absolute Gasteiger partial charge is 0.263 e. The lowest BCUT2D eigenvalue weighted by molar-refractivity contribution is 0.0933. The Bertz CT molecular complexity index is 433. The Hall–Kier alpha value is -0.580. The molecular weight excluding hydrogens is 268 g/mol. The maximum absolute atomic E-state index is 12.2. The highest BCUT2D eigenvalue weighted by molar-refractivity contribution is 7.13. The van der Waals surface area contributed by atoms with Gasteiger partial charge in [0.15, 0.2) is 0 Å². The minimum Gasteiger partial charge on any atom is -0.347 e. The molecule has 1 heterocycles. The standard InChI is InChI=1S/C13H19ClN2OS/c1-8-7-18-12(11(8)14)13(17)16-10-6-4-2-3-5-9(10)15/h7,9-10H,2-6,15H2,1H3,(H,16,17). The molecule has 0 spiro atoms. The first-order chi connectivity index (χ1) is 8.59. The molecule has 0 bridgehead atoms. The minimum atomic E-state index is -0.0829. The van der Waals surface area contributed by atoms with Gasteiger partial charge < -0.3 is 11.1 Å². The predicted molar refractivity (Wildman–Crippen MR) is 76.4 cm³/mol. The van der Waals surface area contributed by atoms with Gasteiger partial charge in [0.05, 0.1) is 5.02 Å². The molecule has 18 heavy (non-hydrogen) atoms. The molecule has 0 aromatic carbocycles. The van der Waals surface area contributed by atoms with E-state index in [2.05, 4.69) is 5.32 Å². The number of nitrogens with one attached hydrogen (secondary N) is 1. The van der Waals surface area contributed by atoms with E-state index in [0.29, 0.717) is 9.90 Å². The van der Waals surface area contributed by atoms with E-state index in [0.717, 1.165) is 31.2 Å². The topological polar surface area (TPSA) is 55.1 Å². The van der Waals surface area contributed by atoms with Crippen molar-refractivity contribution in [1.29, 1.82) is 0 Å². The number of rotatable bonds is 2. The quantitative estimate of drug-likeness (QED) is 0.821. The number of carbonyl (C=O) groups excluding carboxylic acids is 1. The highest BCUT2D eigenvalue weighted by atomic mass is 35.5. The molecule has 100 valence electrons. The zero-order valence-corrected chi connectivity index (χ0v) is 12.1. The van der Waals surface area contributed by atoms with Gasteiger partial charge in [0.1, 0.15) is 4.88 Å². The molecule has 1 fully saturated rings. The lowest BCUT2D eigenvalue weighted by Gasteiger charge is -2.22. The van der Waals surface area contributed by atoms with Gasteiger partial charge in [-0.25, -0.2) is 0 Å². The lowest BCUT2D eigenvalue weighted by atomic mass is 10.0. The van der Waals surface area contributed by atoms with Crippen molar-refractivity contribution in [2.24, 2.45) is 5.73 Å². The third kappa shape index (κ3) is 3.05. The third-order valence-electron chi connectivity index (χ3n) is 3.49. The molecule has 3 N–H and O–H groups in total. The number of nitrogens with two attached hydrogens (primary N) is 1. The van der Waals surface area contributed by atoms with Crippen LogP contribution in [0.15, 0.2) is 5.38 Å². The fourth-order valence-corrected chi connectivity index (χ4v) is 3.51. The summed E-state index contributed by atoms with van der Waals surface area (Å²) in [4.78, 5) is 12.8. The van der Waals surface area contributed by atoms with Crippen LogP contribution >= 0.6 is 22.9 Å². The predicted octanol–water partition coefficient (Wildman–Crippen LogP) is 3.10. The van der Waals surface area contributed by atoms with E-state index in [1.54, 1.807) is 0 Å². The van der Waals surface area contributed by atoms with E-state index in [-0.39, 0.29) is 18.0 Å². The van der Waals surface area contributed by atoms with E-state index in [1.165, 1.54) is 17.8 Å². The summed E-state index contributed by atoms with van der Waals surface area (Å²) in [5, 5.41) is 5.52. The first-order valence-electron chi connectivity index (χ1n) is 6.39. The van der Waals surface area contributed by atoms with Crippen molar-refractivity contribution in [2.45, 2.75) is 51.1 Å². The van der Waals surface area contributed by atoms with Crippen LogP contribution in [-0.2, 0) is 0 Å². The van der Waals surface area contributed by atoms with Gasteiger partial charge in [0.25, 0.3) is 5.91 Å². The number of amides is 1. The van der Waals surface area contributed by atoms with E-state index < -0.39 is 0 Å². The van der Waals surface area contributed by atoms with Gasteiger partial charge in [-0.3, -0.25) is 4.79 Å². The molecule has 1 amide bonds. The van der Waals surface area contributed by atoms with Crippen LogP contribution in [0.3, 0.4) is 0 Å². The maximum Gasteiger partial charge on any atom is 0.263 e. The van der Waals surface area contributed by atoms with E-state index >= 15 is 0 Å². The average Bonchev–Trinajstić information content (AvgIpc) is 2.55. The van der Waals surface area contributed by atoms with Gasteiger partial charge in [-0.05, 0) is 30.7 Å². The van der Waals surface area contributed by atoms with Gasteiger partial charge in [0.2, 0.25) is 0 Å². The Morgan fingerprint density at radius 2 is 2.17 bits per heavy atom. The summed E-state index contributed by atoms with van der Waals surface area (Å²) >= 11 is 7.50. The number of aryl methyl sites for hydroxylation is 1. The normalized spacial score (nSPS) is 24.6. The van der Waals surface area contributed by atoms with Crippen molar-refractivity contribution in [3.05, 3.63) is 20.8 Å². The summed E-state index contributed by atoms with van der Waals surface area (Å²) < 4.78 is 0. The first kappa shape index (κ1) is 13.8. The van der Waals surface area contributed by atoms with Crippen LogP contribution in [0.25, 0.3) is 0 Å². The number of halogens is 1. The molecule has 1 aliphatic carbocycles. The summed E-state index contributed by atoms with van der Waals surface area (Å²) in [5.41, 5.74) is 7.06. The zero-order valence-electron chi connectivity index (χ0n) is 10.5. The second-order valence-corrected chi connectivity index (χ2v) is 6.20. The molecule has 2 unspecified atom stereocenters. The van der Waals surface area contributed by atoms with Crippen LogP contribution in [0.5, 0.6) is 0 Å². The summed E-state index contributed by atoms with van der Waals surface area (Å²) in [5.74, 6) is -0.0829. The Labute approximate surface area is 117 Å². The lowest BCUT2D eigenvalue weighted by Crippen LogP contribution is -2.46. The summed E-state index contributed by atoms with van der Waals surface area (Å²) in [6.07, 6.45) is 5.46. The van der Waals surface area contributed by atoms with Crippen molar-refractivity contribution >= 4 is 28.8 Å². The average molecular weight is 287 g/mol. The Kier molecular flexibility index (Phi) is 4.65. The van der Waals surface area contributed by atoms with Crippen molar-refractivity contribution < 1.29 is 4.79 Å². The van der Waals surface area contributed by atoms with Crippen LogP contribution < -0.4 is 11.1 Å². The fraction of sp³-hybridized carbons (Fsp3) is 0.615. The highest BCUT2D eigenvalue weighted by Gasteiger charge is 2.24. The summed E-state index contributed by atoms with van der Waals surface area (Å²) in [6.45, 7) is 1.91. The van der Waals surface area contributed by atoms with E-state index in [1.807, 2.05) is 12.3 Å². The van der Waals surface area contributed by atoms with Crippen molar-refractivity contribution in [3.63, 3.8) is 0 Å². The maximum atomic E-state index is 12.2. The second kappa shape index (κ2) is 6.04. The van der Waals surface area contributed by atoms with Crippen LogP contribution in [-0.4, -0.2) is 18.0 Å². The van der Waals surface area contributed by atoms with E-state index in [4.69, 9.17) is 17.3 Å². The number of thiophene rings is 1. The van der Waals surface area contributed by atoms with Gasteiger partial charge in [-0.2, -0.15) is 0 Å². The Balaban J connectivity index is 2.04. The van der Waals surface area contributed by atoms with Gasteiger partial charge in [-0.1, -0.05) is 30.9 Å². The Morgan fingerprint density at radius 3 is 2.83 bits per heavy atom.